The van der Waals surface area contributed by atoms with Gasteiger partial charge in [0.1, 0.15) is 12.4 Å². The summed E-state index contributed by atoms with van der Waals surface area (Å²) in [6, 6.07) is 1.87. The highest BCUT2D eigenvalue weighted by Crippen LogP contribution is 2.31. The SMILES string of the molecule is CCc1c(C(=O)NC[C@@H]2CCO[C@@H]2c2ncn[nH]2)ccn1C. The predicted molar refractivity (Wildman–Crippen MR) is 80.3 cm³/mol. The Kier molecular flexibility index (Phi) is 4.24. The molecule has 0 radical (unpaired) electrons. The maximum absolute atomic E-state index is 12.4. The van der Waals surface area contributed by atoms with Crippen LogP contribution in [0.3, 0.4) is 0 Å². The average molecular weight is 303 g/mol. The first kappa shape index (κ1) is 14.8. The number of ether oxygens (including phenoxy) is 1. The molecule has 0 spiro atoms. The molecular formula is C15H21N5O2. The number of aromatic nitrogens is 4. The van der Waals surface area contributed by atoms with E-state index in [0.717, 1.165) is 29.9 Å². The fraction of sp³-hybridized carbons (Fsp3) is 0.533. The van der Waals surface area contributed by atoms with Crippen LogP contribution in [0.15, 0.2) is 18.6 Å². The molecule has 2 N–H and O–H groups in total. The lowest BCUT2D eigenvalue weighted by atomic mass is 10.0. The van der Waals surface area contributed by atoms with Crippen LogP contribution in [0.5, 0.6) is 0 Å². The van der Waals surface area contributed by atoms with Crippen LogP contribution in [-0.4, -0.2) is 38.8 Å². The molecule has 1 saturated heterocycles. The quantitative estimate of drug-likeness (QED) is 0.869. The lowest BCUT2D eigenvalue weighted by molar-refractivity contribution is 0.0798. The summed E-state index contributed by atoms with van der Waals surface area (Å²) in [6.45, 7) is 3.30. The Morgan fingerprint density at radius 2 is 2.45 bits per heavy atom. The third-order valence-corrected chi connectivity index (χ3v) is 4.22. The summed E-state index contributed by atoms with van der Waals surface area (Å²) in [5.41, 5.74) is 1.80. The monoisotopic (exact) mass is 303 g/mol. The van der Waals surface area contributed by atoms with Gasteiger partial charge in [-0.05, 0) is 18.9 Å². The number of carbonyl (C=O) groups is 1. The first-order valence-electron chi connectivity index (χ1n) is 7.60. The molecule has 2 aromatic heterocycles. The van der Waals surface area contributed by atoms with Gasteiger partial charge in [0.25, 0.3) is 5.91 Å². The summed E-state index contributed by atoms with van der Waals surface area (Å²) in [4.78, 5) is 16.5. The van der Waals surface area contributed by atoms with Crippen LogP contribution >= 0.6 is 0 Å². The topological polar surface area (TPSA) is 84.8 Å². The zero-order valence-electron chi connectivity index (χ0n) is 12.9. The van der Waals surface area contributed by atoms with E-state index in [1.54, 1.807) is 0 Å². The van der Waals surface area contributed by atoms with Gasteiger partial charge in [-0.2, -0.15) is 5.10 Å². The fourth-order valence-electron chi connectivity index (χ4n) is 3.03. The first-order valence-corrected chi connectivity index (χ1v) is 7.60. The maximum Gasteiger partial charge on any atom is 0.253 e. The Labute approximate surface area is 129 Å². The van der Waals surface area contributed by atoms with Gasteiger partial charge in [-0.1, -0.05) is 6.92 Å². The van der Waals surface area contributed by atoms with Crippen LogP contribution < -0.4 is 5.32 Å². The molecule has 118 valence electrons. The van der Waals surface area contributed by atoms with Crippen molar-refractivity contribution < 1.29 is 9.53 Å². The number of hydrogen-bond acceptors (Lipinski definition) is 4. The van der Waals surface area contributed by atoms with Crippen LogP contribution in [0, 0.1) is 5.92 Å². The highest BCUT2D eigenvalue weighted by atomic mass is 16.5. The minimum atomic E-state index is -0.121. The van der Waals surface area contributed by atoms with Crippen LogP contribution in [0.4, 0.5) is 0 Å². The maximum atomic E-state index is 12.4. The minimum absolute atomic E-state index is 0.0272. The Balaban J connectivity index is 1.63. The van der Waals surface area contributed by atoms with E-state index in [0.29, 0.717) is 13.2 Å². The van der Waals surface area contributed by atoms with Crippen molar-refractivity contribution in [2.24, 2.45) is 13.0 Å². The molecule has 1 fully saturated rings. The van der Waals surface area contributed by atoms with Gasteiger partial charge in [0.05, 0.1) is 5.56 Å². The Bertz CT molecular complexity index is 634. The second kappa shape index (κ2) is 6.31. The van der Waals surface area contributed by atoms with Crippen molar-refractivity contribution in [3.05, 3.63) is 35.7 Å². The second-order valence-corrected chi connectivity index (χ2v) is 5.56. The Morgan fingerprint density at radius 1 is 1.59 bits per heavy atom. The van der Waals surface area contributed by atoms with E-state index in [4.69, 9.17) is 4.74 Å². The van der Waals surface area contributed by atoms with Gasteiger partial charge in [0, 0.05) is 38.0 Å². The molecule has 1 aliphatic rings. The number of aryl methyl sites for hydroxylation is 1. The standard InChI is InChI=1S/C15H21N5O2/c1-3-12-11(4-6-20(12)2)15(21)16-8-10-5-7-22-13(10)14-17-9-18-19-14/h4,6,9-10,13H,3,5,7-8H2,1-2H3,(H,16,21)(H,17,18,19)/t10-,13-/m0/s1. The molecule has 0 bridgehead atoms. The first-order chi connectivity index (χ1) is 10.7. The normalized spacial score (nSPS) is 21.2. The average Bonchev–Trinajstić information content (AvgIpc) is 3.24. The number of nitrogens with zero attached hydrogens (tertiary/aromatic N) is 3. The van der Waals surface area contributed by atoms with E-state index >= 15 is 0 Å². The summed E-state index contributed by atoms with van der Waals surface area (Å²) < 4.78 is 7.70. The summed E-state index contributed by atoms with van der Waals surface area (Å²) in [5.74, 6) is 0.914. The van der Waals surface area contributed by atoms with E-state index in [-0.39, 0.29) is 17.9 Å². The summed E-state index contributed by atoms with van der Waals surface area (Å²) >= 11 is 0. The molecule has 2 aromatic rings. The number of H-pyrrole nitrogens is 1. The van der Waals surface area contributed by atoms with Gasteiger partial charge in [0.15, 0.2) is 5.82 Å². The van der Waals surface area contributed by atoms with Crippen molar-refractivity contribution in [2.75, 3.05) is 13.2 Å². The van der Waals surface area contributed by atoms with E-state index in [1.165, 1.54) is 6.33 Å². The summed E-state index contributed by atoms with van der Waals surface area (Å²) in [6.07, 6.45) is 5.01. The molecule has 7 nitrogen and oxygen atoms in total. The Morgan fingerprint density at radius 3 is 3.18 bits per heavy atom. The van der Waals surface area contributed by atoms with Crippen LogP contribution in [-0.2, 0) is 18.2 Å². The molecule has 7 heteroatoms. The molecular weight excluding hydrogens is 282 g/mol. The van der Waals surface area contributed by atoms with Gasteiger partial charge in [0.2, 0.25) is 0 Å². The predicted octanol–water partition coefficient (Wildman–Crippen LogP) is 1.21. The van der Waals surface area contributed by atoms with Crippen LogP contribution in [0.1, 0.15) is 41.3 Å². The number of carbonyl (C=O) groups excluding carboxylic acids is 1. The van der Waals surface area contributed by atoms with E-state index in [1.807, 2.05) is 23.9 Å². The molecule has 3 heterocycles. The third-order valence-electron chi connectivity index (χ3n) is 4.22. The molecule has 0 unspecified atom stereocenters. The number of amides is 1. The number of aromatic amines is 1. The summed E-state index contributed by atoms with van der Waals surface area (Å²) in [5, 5.41) is 9.74. The van der Waals surface area contributed by atoms with Gasteiger partial charge < -0.3 is 14.6 Å². The molecule has 0 aromatic carbocycles. The van der Waals surface area contributed by atoms with E-state index in [9.17, 15) is 4.79 Å². The van der Waals surface area contributed by atoms with Gasteiger partial charge >= 0.3 is 0 Å². The van der Waals surface area contributed by atoms with Crippen molar-refractivity contribution in [3.63, 3.8) is 0 Å². The highest BCUT2D eigenvalue weighted by Gasteiger charge is 2.32. The smallest absolute Gasteiger partial charge is 0.253 e. The molecule has 0 saturated carbocycles. The highest BCUT2D eigenvalue weighted by molar-refractivity contribution is 5.95. The van der Waals surface area contributed by atoms with Crippen LogP contribution in [0.25, 0.3) is 0 Å². The van der Waals surface area contributed by atoms with Gasteiger partial charge in [-0.3, -0.25) is 9.89 Å². The van der Waals surface area contributed by atoms with E-state index in [2.05, 4.69) is 27.4 Å². The van der Waals surface area contributed by atoms with Crippen molar-refractivity contribution in [1.29, 1.82) is 0 Å². The molecule has 22 heavy (non-hydrogen) atoms. The number of rotatable bonds is 5. The van der Waals surface area contributed by atoms with Crippen molar-refractivity contribution in [3.8, 4) is 0 Å². The number of nitrogens with one attached hydrogen (secondary N) is 2. The molecule has 1 aliphatic heterocycles. The fourth-order valence-corrected chi connectivity index (χ4v) is 3.03. The minimum Gasteiger partial charge on any atom is -0.370 e. The van der Waals surface area contributed by atoms with Crippen molar-refractivity contribution >= 4 is 5.91 Å². The lowest BCUT2D eigenvalue weighted by Crippen LogP contribution is -2.31. The lowest BCUT2D eigenvalue weighted by Gasteiger charge is -2.17. The van der Waals surface area contributed by atoms with Gasteiger partial charge in [-0.15, -0.1) is 0 Å². The second-order valence-electron chi connectivity index (χ2n) is 5.56. The largest absolute Gasteiger partial charge is 0.370 e. The molecule has 0 aliphatic carbocycles. The van der Waals surface area contributed by atoms with Crippen molar-refractivity contribution in [2.45, 2.75) is 25.9 Å². The zero-order chi connectivity index (χ0) is 15.5. The molecule has 3 rings (SSSR count). The summed E-state index contributed by atoms with van der Waals surface area (Å²) in [7, 11) is 1.96. The molecule has 2 atom stereocenters. The van der Waals surface area contributed by atoms with Gasteiger partial charge in [-0.25, -0.2) is 4.98 Å². The third kappa shape index (κ3) is 2.76. The number of hydrogen-bond donors (Lipinski definition) is 2. The van der Waals surface area contributed by atoms with Crippen LogP contribution in [0.2, 0.25) is 0 Å². The zero-order valence-corrected chi connectivity index (χ0v) is 12.9. The Hall–Kier alpha value is -2.15. The van der Waals surface area contributed by atoms with E-state index < -0.39 is 0 Å². The molecule has 1 amide bonds. The van der Waals surface area contributed by atoms with Crippen molar-refractivity contribution in [1.82, 2.24) is 25.1 Å².